The van der Waals surface area contributed by atoms with Gasteiger partial charge in [0.15, 0.2) is 0 Å². The molecule has 94 valence electrons. The highest BCUT2D eigenvalue weighted by Crippen LogP contribution is 2.51. The van der Waals surface area contributed by atoms with E-state index in [0.29, 0.717) is 10.9 Å². The predicted molar refractivity (Wildman–Crippen MR) is 69.2 cm³/mol. The summed E-state index contributed by atoms with van der Waals surface area (Å²) in [5, 5.41) is 0.293. The van der Waals surface area contributed by atoms with Gasteiger partial charge in [-0.2, -0.15) is 0 Å². The van der Waals surface area contributed by atoms with Gasteiger partial charge >= 0.3 is 0 Å². The van der Waals surface area contributed by atoms with Crippen molar-refractivity contribution in [3.63, 3.8) is 0 Å². The fraction of sp³-hybridized carbons (Fsp3) is 0.0769. The zero-order valence-electron chi connectivity index (χ0n) is 9.53. The molecule has 2 aromatic rings. The van der Waals surface area contributed by atoms with Gasteiger partial charge in [-0.25, -0.2) is 4.39 Å². The van der Waals surface area contributed by atoms with Gasteiger partial charge in [0.2, 0.25) is 7.37 Å². The number of hydrogen-bond donors (Lipinski definition) is 2. The number of rotatable bonds is 3. The van der Waals surface area contributed by atoms with Crippen molar-refractivity contribution < 1.29 is 13.8 Å². The Morgan fingerprint density at radius 1 is 1.06 bits per heavy atom. The SMILES string of the molecule is N[C@H](c1ccc(F)cc1)P(=O)(O)c1ccccc1. The van der Waals surface area contributed by atoms with Gasteiger partial charge in [0.25, 0.3) is 0 Å². The van der Waals surface area contributed by atoms with Crippen LogP contribution in [0.1, 0.15) is 11.3 Å². The van der Waals surface area contributed by atoms with Crippen LogP contribution in [-0.4, -0.2) is 4.89 Å². The van der Waals surface area contributed by atoms with Gasteiger partial charge in [-0.3, -0.25) is 4.57 Å². The zero-order valence-corrected chi connectivity index (χ0v) is 10.4. The number of hydrogen-bond acceptors (Lipinski definition) is 2. The van der Waals surface area contributed by atoms with E-state index in [-0.39, 0.29) is 0 Å². The Balaban J connectivity index is 2.36. The molecule has 0 aliphatic carbocycles. The van der Waals surface area contributed by atoms with Crippen molar-refractivity contribution in [2.75, 3.05) is 0 Å². The Morgan fingerprint density at radius 3 is 2.17 bits per heavy atom. The van der Waals surface area contributed by atoms with Crippen LogP contribution in [0.3, 0.4) is 0 Å². The van der Waals surface area contributed by atoms with Crippen LogP contribution in [0.25, 0.3) is 0 Å². The van der Waals surface area contributed by atoms with Gasteiger partial charge in [-0.15, -0.1) is 0 Å². The van der Waals surface area contributed by atoms with Crippen LogP contribution in [0.4, 0.5) is 4.39 Å². The molecule has 3 nitrogen and oxygen atoms in total. The van der Waals surface area contributed by atoms with E-state index in [9.17, 15) is 13.8 Å². The number of nitrogens with two attached hydrogens (primary N) is 1. The van der Waals surface area contributed by atoms with Crippen molar-refractivity contribution in [3.8, 4) is 0 Å². The maximum absolute atomic E-state index is 12.8. The first-order valence-electron chi connectivity index (χ1n) is 5.41. The minimum Gasteiger partial charge on any atom is -0.340 e. The highest BCUT2D eigenvalue weighted by atomic mass is 31.2. The molecule has 2 atom stereocenters. The number of benzene rings is 2. The summed E-state index contributed by atoms with van der Waals surface area (Å²) in [6.45, 7) is 0. The molecule has 0 spiro atoms. The molecule has 5 heteroatoms. The van der Waals surface area contributed by atoms with Gasteiger partial charge in [-0.1, -0.05) is 30.3 Å². The highest BCUT2D eigenvalue weighted by molar-refractivity contribution is 7.66. The molecule has 0 saturated carbocycles. The maximum Gasteiger partial charge on any atom is 0.250 e. The summed E-state index contributed by atoms with van der Waals surface area (Å²) < 4.78 is 25.1. The van der Waals surface area contributed by atoms with Crippen molar-refractivity contribution in [1.29, 1.82) is 0 Å². The van der Waals surface area contributed by atoms with E-state index in [0.717, 1.165) is 0 Å². The minimum atomic E-state index is -3.72. The maximum atomic E-state index is 12.8. The monoisotopic (exact) mass is 265 g/mol. The smallest absolute Gasteiger partial charge is 0.250 e. The Labute approximate surface area is 105 Å². The van der Waals surface area contributed by atoms with E-state index in [1.165, 1.54) is 24.3 Å². The van der Waals surface area contributed by atoms with Gasteiger partial charge < -0.3 is 10.6 Å². The van der Waals surface area contributed by atoms with Crippen LogP contribution in [-0.2, 0) is 4.57 Å². The molecule has 0 saturated heterocycles. The standard InChI is InChI=1S/C13H13FNO2P/c14-11-8-6-10(7-9-11)13(15)18(16,17)12-4-2-1-3-5-12/h1-9,13H,15H2,(H,16,17)/t13-/m0/s1. The second kappa shape index (κ2) is 5.02. The summed E-state index contributed by atoms with van der Waals surface area (Å²) in [7, 11) is -3.72. The summed E-state index contributed by atoms with van der Waals surface area (Å²) in [6.07, 6.45) is 0. The van der Waals surface area contributed by atoms with Crippen molar-refractivity contribution in [1.82, 2.24) is 0 Å². The van der Waals surface area contributed by atoms with Gasteiger partial charge in [0, 0.05) is 5.30 Å². The molecule has 3 N–H and O–H groups in total. The van der Waals surface area contributed by atoms with E-state index in [4.69, 9.17) is 5.73 Å². The molecule has 0 aliphatic rings. The molecule has 0 amide bonds. The third-order valence-corrected chi connectivity index (χ3v) is 4.81. The third-order valence-electron chi connectivity index (χ3n) is 2.71. The van der Waals surface area contributed by atoms with Crippen LogP contribution in [0.15, 0.2) is 54.6 Å². The molecule has 0 fully saturated rings. The van der Waals surface area contributed by atoms with Crippen LogP contribution in [0.2, 0.25) is 0 Å². The second-order valence-electron chi connectivity index (χ2n) is 3.95. The Kier molecular flexibility index (Phi) is 3.62. The predicted octanol–water partition coefficient (Wildman–Crippen LogP) is 2.38. The minimum absolute atomic E-state index is 0.293. The zero-order chi connectivity index (χ0) is 13.2. The van der Waals surface area contributed by atoms with E-state index in [1.54, 1.807) is 30.3 Å². The molecule has 0 heterocycles. The van der Waals surface area contributed by atoms with E-state index in [2.05, 4.69) is 0 Å². The van der Waals surface area contributed by atoms with Crippen LogP contribution in [0, 0.1) is 5.82 Å². The molecule has 0 bridgehead atoms. The average Bonchev–Trinajstić information content (AvgIpc) is 2.40. The fourth-order valence-corrected chi connectivity index (χ4v) is 3.16. The lowest BCUT2D eigenvalue weighted by molar-refractivity contribution is 0.477. The molecule has 1 unspecified atom stereocenters. The lowest BCUT2D eigenvalue weighted by atomic mass is 10.2. The number of halogens is 1. The van der Waals surface area contributed by atoms with Gasteiger partial charge in [-0.05, 0) is 29.8 Å². The average molecular weight is 265 g/mol. The molecule has 2 aromatic carbocycles. The first-order valence-corrected chi connectivity index (χ1v) is 7.14. The van der Waals surface area contributed by atoms with Crippen molar-refractivity contribution >= 4 is 12.7 Å². The normalized spacial score (nSPS) is 15.9. The fourth-order valence-electron chi connectivity index (χ4n) is 1.66. The molecule has 0 aromatic heterocycles. The second-order valence-corrected chi connectivity index (χ2v) is 6.27. The van der Waals surface area contributed by atoms with E-state index >= 15 is 0 Å². The van der Waals surface area contributed by atoms with Gasteiger partial charge in [0.05, 0.1) is 0 Å². The molecule has 18 heavy (non-hydrogen) atoms. The molecule has 0 aliphatic heterocycles. The van der Waals surface area contributed by atoms with Crippen LogP contribution >= 0.6 is 7.37 Å². The third kappa shape index (κ3) is 2.51. The van der Waals surface area contributed by atoms with E-state index < -0.39 is 19.0 Å². The molecule has 2 rings (SSSR count). The Hall–Kier alpha value is -1.48. The summed E-state index contributed by atoms with van der Waals surface area (Å²) in [4.78, 5) is 10.1. The first kappa shape index (κ1) is 13.0. The summed E-state index contributed by atoms with van der Waals surface area (Å²) in [6, 6.07) is 13.5. The van der Waals surface area contributed by atoms with Crippen molar-refractivity contribution in [2.24, 2.45) is 5.73 Å². The van der Waals surface area contributed by atoms with Crippen LogP contribution in [0.5, 0.6) is 0 Å². The van der Waals surface area contributed by atoms with Crippen molar-refractivity contribution in [3.05, 3.63) is 66.0 Å². The highest BCUT2D eigenvalue weighted by Gasteiger charge is 2.30. The van der Waals surface area contributed by atoms with Crippen molar-refractivity contribution in [2.45, 2.75) is 5.78 Å². The largest absolute Gasteiger partial charge is 0.340 e. The summed E-state index contributed by atoms with van der Waals surface area (Å²) in [5.74, 6) is -1.46. The Bertz CT molecular complexity index is 571. The van der Waals surface area contributed by atoms with Gasteiger partial charge in [0.1, 0.15) is 11.6 Å². The summed E-state index contributed by atoms with van der Waals surface area (Å²) >= 11 is 0. The molecular formula is C13H13FNO2P. The topological polar surface area (TPSA) is 63.3 Å². The molecular weight excluding hydrogens is 252 g/mol. The lowest BCUT2D eigenvalue weighted by Gasteiger charge is -2.19. The Morgan fingerprint density at radius 2 is 1.61 bits per heavy atom. The van der Waals surface area contributed by atoms with E-state index in [1.807, 2.05) is 0 Å². The van der Waals surface area contributed by atoms with Crippen LogP contribution < -0.4 is 11.0 Å². The lowest BCUT2D eigenvalue weighted by Crippen LogP contribution is -2.18. The molecule has 0 radical (unpaired) electrons. The summed E-state index contributed by atoms with van der Waals surface area (Å²) in [5.41, 5.74) is 6.26. The first-order chi connectivity index (χ1) is 8.51. The quantitative estimate of drug-likeness (QED) is 0.837.